The van der Waals surface area contributed by atoms with Gasteiger partial charge in [0, 0.05) is 22.8 Å². The first kappa shape index (κ1) is 13.7. The minimum atomic E-state index is 0.754. The van der Waals surface area contributed by atoms with E-state index >= 15 is 0 Å². The van der Waals surface area contributed by atoms with Gasteiger partial charge in [0.05, 0.1) is 0 Å². The van der Waals surface area contributed by atoms with Crippen LogP contribution < -0.4 is 5.32 Å². The van der Waals surface area contributed by atoms with E-state index < -0.39 is 0 Å². The van der Waals surface area contributed by atoms with Crippen LogP contribution in [0.25, 0.3) is 11.1 Å². The van der Waals surface area contributed by atoms with Crippen molar-refractivity contribution in [3.05, 3.63) is 89.4 Å². The maximum Gasteiger partial charge on any atom is 0.0422 e. The van der Waals surface area contributed by atoms with Crippen LogP contribution in [0.5, 0.6) is 0 Å². The van der Waals surface area contributed by atoms with Gasteiger partial charge in [0.15, 0.2) is 0 Å². The summed E-state index contributed by atoms with van der Waals surface area (Å²) in [5, 5.41) is 4.27. The molecule has 0 saturated carbocycles. The molecule has 104 valence electrons. The average Bonchev–Trinajstić information content (AvgIpc) is 2.54. The van der Waals surface area contributed by atoms with Gasteiger partial charge in [0.2, 0.25) is 0 Å². The molecule has 3 aromatic carbocycles. The molecule has 21 heavy (non-hydrogen) atoms. The Kier molecular flexibility index (Phi) is 4.23. The lowest BCUT2D eigenvalue weighted by atomic mass is 10.0. The number of hydrogen-bond acceptors (Lipinski definition) is 1. The molecule has 0 aliphatic rings. The zero-order chi connectivity index (χ0) is 14.5. The van der Waals surface area contributed by atoms with Crippen LogP contribution >= 0.6 is 11.6 Å². The summed E-state index contributed by atoms with van der Waals surface area (Å²) < 4.78 is 0. The van der Waals surface area contributed by atoms with Crippen molar-refractivity contribution in [1.82, 2.24) is 0 Å². The monoisotopic (exact) mass is 293 g/mol. The third-order valence-corrected chi connectivity index (χ3v) is 3.62. The first-order valence-electron chi connectivity index (χ1n) is 6.96. The molecule has 0 radical (unpaired) electrons. The Morgan fingerprint density at radius 3 is 2.33 bits per heavy atom. The summed E-state index contributed by atoms with van der Waals surface area (Å²) in [5.74, 6) is 0. The van der Waals surface area contributed by atoms with Crippen molar-refractivity contribution < 1.29 is 0 Å². The van der Waals surface area contributed by atoms with Crippen molar-refractivity contribution in [3.63, 3.8) is 0 Å². The molecule has 0 fully saturated rings. The number of rotatable bonds is 4. The first-order chi connectivity index (χ1) is 10.3. The van der Waals surface area contributed by atoms with Crippen molar-refractivity contribution >= 4 is 17.3 Å². The van der Waals surface area contributed by atoms with Crippen LogP contribution in [-0.4, -0.2) is 0 Å². The SMILES string of the molecule is Clc1cccc(CNc2ccccc2-c2ccccc2)c1. The number of anilines is 1. The normalized spacial score (nSPS) is 10.3. The second-order valence-electron chi connectivity index (χ2n) is 4.90. The number of benzene rings is 3. The number of hydrogen-bond donors (Lipinski definition) is 1. The minimum absolute atomic E-state index is 0.754. The smallest absolute Gasteiger partial charge is 0.0422 e. The lowest BCUT2D eigenvalue weighted by Gasteiger charge is -2.12. The second kappa shape index (κ2) is 6.47. The molecule has 0 atom stereocenters. The molecule has 2 heteroatoms. The van der Waals surface area contributed by atoms with Gasteiger partial charge in [-0.2, -0.15) is 0 Å². The lowest BCUT2D eigenvalue weighted by Crippen LogP contribution is -2.00. The highest BCUT2D eigenvalue weighted by Crippen LogP contribution is 2.28. The van der Waals surface area contributed by atoms with Crippen LogP contribution in [0, 0.1) is 0 Å². The summed E-state index contributed by atoms with van der Waals surface area (Å²) in [4.78, 5) is 0. The first-order valence-corrected chi connectivity index (χ1v) is 7.33. The zero-order valence-corrected chi connectivity index (χ0v) is 12.3. The van der Waals surface area contributed by atoms with E-state index in [0.29, 0.717) is 0 Å². The Hall–Kier alpha value is -2.25. The number of nitrogens with one attached hydrogen (secondary N) is 1. The molecule has 3 rings (SSSR count). The van der Waals surface area contributed by atoms with Crippen molar-refractivity contribution in [1.29, 1.82) is 0 Å². The van der Waals surface area contributed by atoms with Crippen LogP contribution in [-0.2, 0) is 6.54 Å². The van der Waals surface area contributed by atoms with E-state index in [4.69, 9.17) is 11.6 Å². The molecule has 0 aliphatic carbocycles. The fourth-order valence-corrected chi connectivity index (χ4v) is 2.56. The molecular formula is C19H16ClN. The van der Waals surface area contributed by atoms with Crippen molar-refractivity contribution in [2.45, 2.75) is 6.54 Å². The summed E-state index contributed by atoms with van der Waals surface area (Å²) in [6.45, 7) is 0.754. The van der Waals surface area contributed by atoms with Gasteiger partial charge in [0.25, 0.3) is 0 Å². The van der Waals surface area contributed by atoms with Gasteiger partial charge in [0.1, 0.15) is 0 Å². The molecule has 0 aromatic heterocycles. The van der Waals surface area contributed by atoms with Crippen LogP contribution in [0.4, 0.5) is 5.69 Å². The summed E-state index contributed by atoms with van der Waals surface area (Å²) >= 11 is 6.03. The Morgan fingerprint density at radius 1 is 0.762 bits per heavy atom. The highest BCUT2D eigenvalue weighted by molar-refractivity contribution is 6.30. The predicted molar refractivity (Wildman–Crippen MR) is 90.7 cm³/mol. The van der Waals surface area contributed by atoms with E-state index in [1.165, 1.54) is 16.7 Å². The average molecular weight is 294 g/mol. The molecule has 0 saturated heterocycles. The number of para-hydroxylation sites is 1. The van der Waals surface area contributed by atoms with E-state index in [2.05, 4.69) is 53.8 Å². The van der Waals surface area contributed by atoms with Gasteiger partial charge >= 0.3 is 0 Å². The molecule has 0 bridgehead atoms. The van der Waals surface area contributed by atoms with Crippen molar-refractivity contribution in [2.75, 3.05) is 5.32 Å². The van der Waals surface area contributed by atoms with Gasteiger partial charge in [-0.25, -0.2) is 0 Å². The van der Waals surface area contributed by atoms with Gasteiger partial charge < -0.3 is 5.32 Å². The summed E-state index contributed by atoms with van der Waals surface area (Å²) in [5.41, 5.74) is 4.72. The molecule has 0 unspecified atom stereocenters. The lowest BCUT2D eigenvalue weighted by molar-refractivity contribution is 1.15. The Balaban J connectivity index is 1.83. The molecule has 0 spiro atoms. The Morgan fingerprint density at radius 2 is 1.52 bits per heavy atom. The fraction of sp³-hybridized carbons (Fsp3) is 0.0526. The topological polar surface area (TPSA) is 12.0 Å². The molecule has 1 N–H and O–H groups in total. The predicted octanol–water partition coefficient (Wildman–Crippen LogP) is 5.62. The van der Waals surface area contributed by atoms with E-state index in [-0.39, 0.29) is 0 Å². The summed E-state index contributed by atoms with van der Waals surface area (Å²) in [7, 11) is 0. The largest absolute Gasteiger partial charge is 0.380 e. The molecule has 0 amide bonds. The van der Waals surface area contributed by atoms with E-state index in [9.17, 15) is 0 Å². The summed E-state index contributed by atoms with van der Waals surface area (Å²) in [6.07, 6.45) is 0. The molecule has 0 aliphatic heterocycles. The highest BCUT2D eigenvalue weighted by atomic mass is 35.5. The highest BCUT2D eigenvalue weighted by Gasteiger charge is 2.03. The third kappa shape index (κ3) is 3.45. The van der Waals surface area contributed by atoms with Crippen LogP contribution in [0.1, 0.15) is 5.56 Å². The number of halogens is 1. The minimum Gasteiger partial charge on any atom is -0.380 e. The standard InChI is InChI=1S/C19H16ClN/c20-17-10-6-7-15(13-17)14-21-19-12-5-4-11-18(19)16-8-2-1-3-9-16/h1-13,21H,14H2. The van der Waals surface area contributed by atoms with Crippen molar-refractivity contribution in [3.8, 4) is 11.1 Å². The molecule has 0 heterocycles. The van der Waals surface area contributed by atoms with Crippen LogP contribution in [0.3, 0.4) is 0 Å². The van der Waals surface area contributed by atoms with Gasteiger partial charge in [-0.1, -0.05) is 72.3 Å². The van der Waals surface area contributed by atoms with E-state index in [1.807, 2.05) is 30.3 Å². The Bertz CT molecular complexity index is 722. The van der Waals surface area contributed by atoms with Crippen LogP contribution in [0.15, 0.2) is 78.9 Å². The maximum atomic E-state index is 6.03. The fourth-order valence-electron chi connectivity index (χ4n) is 2.35. The summed E-state index contributed by atoms with van der Waals surface area (Å²) in [6, 6.07) is 26.7. The van der Waals surface area contributed by atoms with Gasteiger partial charge in [-0.05, 0) is 29.3 Å². The Labute approximate surface area is 130 Å². The zero-order valence-electron chi connectivity index (χ0n) is 11.6. The molecular weight excluding hydrogens is 278 g/mol. The second-order valence-corrected chi connectivity index (χ2v) is 5.33. The maximum absolute atomic E-state index is 6.03. The van der Waals surface area contributed by atoms with Crippen LogP contribution in [0.2, 0.25) is 5.02 Å². The van der Waals surface area contributed by atoms with E-state index in [1.54, 1.807) is 0 Å². The van der Waals surface area contributed by atoms with E-state index in [0.717, 1.165) is 17.3 Å². The third-order valence-electron chi connectivity index (χ3n) is 3.38. The molecule has 1 nitrogen and oxygen atoms in total. The molecule has 3 aromatic rings. The van der Waals surface area contributed by atoms with Crippen molar-refractivity contribution in [2.24, 2.45) is 0 Å². The van der Waals surface area contributed by atoms with Gasteiger partial charge in [-0.15, -0.1) is 0 Å². The quantitative estimate of drug-likeness (QED) is 0.658. The van der Waals surface area contributed by atoms with Gasteiger partial charge in [-0.3, -0.25) is 0 Å².